The quantitative estimate of drug-likeness (QED) is 0.727. The average molecular weight is 194 g/mol. The van der Waals surface area contributed by atoms with Gasteiger partial charge in [0.1, 0.15) is 0 Å². The van der Waals surface area contributed by atoms with E-state index >= 15 is 0 Å². The highest BCUT2D eigenvalue weighted by Crippen LogP contribution is 2.03. The number of aryl methyl sites for hydroxylation is 1. The predicted molar refractivity (Wildman–Crippen MR) is 59.7 cm³/mol. The molecule has 0 aliphatic rings. The van der Waals surface area contributed by atoms with Crippen LogP contribution in [0.5, 0.6) is 0 Å². The van der Waals surface area contributed by atoms with Crippen LogP contribution in [0.4, 0.5) is 5.69 Å². The lowest BCUT2D eigenvalue weighted by molar-refractivity contribution is 0.742. The molecule has 0 fully saturated rings. The second-order valence-electron chi connectivity index (χ2n) is 3.50. The van der Waals surface area contributed by atoms with E-state index in [9.17, 15) is 4.79 Å². The van der Waals surface area contributed by atoms with E-state index in [-0.39, 0.29) is 5.56 Å². The van der Waals surface area contributed by atoms with E-state index in [1.165, 1.54) is 19.3 Å². The van der Waals surface area contributed by atoms with Crippen molar-refractivity contribution in [2.45, 2.75) is 26.2 Å². The van der Waals surface area contributed by atoms with Gasteiger partial charge in [-0.2, -0.15) is 0 Å². The Morgan fingerprint density at radius 2 is 2.14 bits per heavy atom. The molecule has 0 bridgehead atoms. The lowest BCUT2D eigenvalue weighted by Gasteiger charge is -2.06. The molecule has 0 spiro atoms. The zero-order chi connectivity index (χ0) is 10.4. The van der Waals surface area contributed by atoms with E-state index in [4.69, 9.17) is 0 Å². The van der Waals surface area contributed by atoms with Crippen LogP contribution >= 0.6 is 0 Å². The Labute approximate surface area is 84.8 Å². The Morgan fingerprint density at radius 3 is 2.79 bits per heavy atom. The van der Waals surface area contributed by atoms with E-state index in [2.05, 4.69) is 12.2 Å². The third-order valence-electron chi connectivity index (χ3n) is 2.20. The predicted octanol–water partition coefficient (Wildman–Crippen LogP) is 1.99. The van der Waals surface area contributed by atoms with Crippen molar-refractivity contribution >= 4 is 5.69 Å². The van der Waals surface area contributed by atoms with E-state index in [0.29, 0.717) is 0 Å². The van der Waals surface area contributed by atoms with Crippen molar-refractivity contribution in [2.24, 2.45) is 7.05 Å². The molecule has 78 valence electrons. The monoisotopic (exact) mass is 194 g/mol. The highest BCUT2D eigenvalue weighted by atomic mass is 16.1. The molecule has 0 radical (unpaired) electrons. The SMILES string of the molecule is CCCCCNc1ccc(=O)n(C)c1. The molecule has 0 aliphatic heterocycles. The van der Waals surface area contributed by atoms with Crippen molar-refractivity contribution in [3.63, 3.8) is 0 Å². The molecule has 3 heteroatoms. The third-order valence-corrected chi connectivity index (χ3v) is 2.20. The minimum atomic E-state index is 0.0316. The van der Waals surface area contributed by atoms with Crippen molar-refractivity contribution in [3.8, 4) is 0 Å². The van der Waals surface area contributed by atoms with Gasteiger partial charge in [0.15, 0.2) is 0 Å². The van der Waals surface area contributed by atoms with Crippen LogP contribution in [0.15, 0.2) is 23.1 Å². The topological polar surface area (TPSA) is 34.0 Å². The van der Waals surface area contributed by atoms with Crippen LogP contribution < -0.4 is 10.9 Å². The first-order valence-electron chi connectivity index (χ1n) is 5.14. The van der Waals surface area contributed by atoms with Crippen molar-refractivity contribution in [2.75, 3.05) is 11.9 Å². The molecule has 1 N–H and O–H groups in total. The summed E-state index contributed by atoms with van der Waals surface area (Å²) < 4.78 is 1.59. The van der Waals surface area contributed by atoms with Gasteiger partial charge in [0.2, 0.25) is 5.56 Å². The molecule has 0 amide bonds. The maximum Gasteiger partial charge on any atom is 0.250 e. The molecule has 14 heavy (non-hydrogen) atoms. The maximum absolute atomic E-state index is 11.1. The number of rotatable bonds is 5. The summed E-state index contributed by atoms with van der Waals surface area (Å²) in [5.41, 5.74) is 1.05. The van der Waals surface area contributed by atoms with Gasteiger partial charge in [-0.1, -0.05) is 19.8 Å². The lowest BCUT2D eigenvalue weighted by Crippen LogP contribution is -2.15. The maximum atomic E-state index is 11.1. The molecule has 1 aromatic heterocycles. The van der Waals surface area contributed by atoms with Gasteiger partial charge in [0.05, 0.1) is 5.69 Å². The minimum Gasteiger partial charge on any atom is -0.384 e. The molecule has 0 atom stereocenters. The summed E-state index contributed by atoms with van der Waals surface area (Å²) in [6.45, 7) is 3.16. The van der Waals surface area contributed by atoms with Crippen molar-refractivity contribution in [1.29, 1.82) is 0 Å². The van der Waals surface area contributed by atoms with Gasteiger partial charge in [-0.05, 0) is 12.5 Å². The molecule has 3 nitrogen and oxygen atoms in total. The summed E-state index contributed by atoms with van der Waals surface area (Å²) in [5.74, 6) is 0. The standard InChI is InChI=1S/C11H18N2O/c1-3-4-5-8-12-10-6-7-11(14)13(2)9-10/h6-7,9,12H,3-5,8H2,1-2H3. The average Bonchev–Trinajstić information content (AvgIpc) is 2.18. The van der Waals surface area contributed by atoms with Crippen molar-refractivity contribution in [1.82, 2.24) is 4.57 Å². The molecule has 1 heterocycles. The summed E-state index contributed by atoms with van der Waals surface area (Å²) in [6.07, 6.45) is 5.49. The Kier molecular flexibility index (Phi) is 4.23. The number of hydrogen-bond donors (Lipinski definition) is 1. The van der Waals surface area contributed by atoms with E-state index in [1.54, 1.807) is 17.7 Å². The lowest BCUT2D eigenvalue weighted by atomic mass is 10.2. The van der Waals surface area contributed by atoms with Gasteiger partial charge in [0, 0.05) is 25.9 Å². The molecular weight excluding hydrogens is 176 g/mol. The second kappa shape index (κ2) is 5.47. The van der Waals surface area contributed by atoms with E-state index < -0.39 is 0 Å². The third kappa shape index (κ3) is 3.24. The molecule has 0 aromatic carbocycles. The van der Waals surface area contributed by atoms with Gasteiger partial charge in [0.25, 0.3) is 0 Å². The van der Waals surface area contributed by atoms with Crippen LogP contribution in [0.2, 0.25) is 0 Å². The van der Waals surface area contributed by atoms with E-state index in [1.807, 2.05) is 12.3 Å². The van der Waals surface area contributed by atoms with Crippen LogP contribution in [0.1, 0.15) is 26.2 Å². The summed E-state index contributed by atoms with van der Waals surface area (Å²) in [4.78, 5) is 11.1. The fourth-order valence-corrected chi connectivity index (χ4v) is 1.31. The zero-order valence-electron chi connectivity index (χ0n) is 8.92. The number of nitrogens with one attached hydrogen (secondary N) is 1. The van der Waals surface area contributed by atoms with Gasteiger partial charge in [-0.15, -0.1) is 0 Å². The highest BCUT2D eigenvalue weighted by molar-refractivity contribution is 5.39. The summed E-state index contributed by atoms with van der Waals surface area (Å²) in [7, 11) is 1.76. The smallest absolute Gasteiger partial charge is 0.250 e. The van der Waals surface area contributed by atoms with Crippen LogP contribution in [0.25, 0.3) is 0 Å². The molecule has 0 saturated carbocycles. The molecule has 1 rings (SSSR count). The second-order valence-corrected chi connectivity index (χ2v) is 3.50. The Morgan fingerprint density at radius 1 is 1.36 bits per heavy atom. The van der Waals surface area contributed by atoms with E-state index in [0.717, 1.165) is 12.2 Å². The number of hydrogen-bond acceptors (Lipinski definition) is 2. The van der Waals surface area contributed by atoms with Gasteiger partial charge in [-0.25, -0.2) is 0 Å². The summed E-state index contributed by atoms with van der Waals surface area (Å²) in [6, 6.07) is 3.41. The highest BCUT2D eigenvalue weighted by Gasteiger charge is 1.93. The Bertz CT molecular complexity index is 330. The van der Waals surface area contributed by atoms with Crippen LogP contribution in [-0.2, 0) is 7.05 Å². The fraction of sp³-hybridized carbons (Fsp3) is 0.545. The fourth-order valence-electron chi connectivity index (χ4n) is 1.31. The van der Waals surface area contributed by atoms with Crippen molar-refractivity contribution in [3.05, 3.63) is 28.7 Å². The summed E-state index contributed by atoms with van der Waals surface area (Å²) >= 11 is 0. The molecule has 0 unspecified atom stereocenters. The number of unbranched alkanes of at least 4 members (excludes halogenated alkanes) is 2. The normalized spacial score (nSPS) is 10.1. The van der Waals surface area contributed by atoms with Crippen molar-refractivity contribution < 1.29 is 0 Å². The molecule has 0 aliphatic carbocycles. The number of anilines is 1. The number of pyridine rings is 1. The summed E-state index contributed by atoms with van der Waals surface area (Å²) in [5, 5.41) is 3.29. The van der Waals surface area contributed by atoms with Crippen LogP contribution in [0.3, 0.4) is 0 Å². The molecular formula is C11H18N2O. The Balaban J connectivity index is 2.43. The number of aromatic nitrogens is 1. The minimum absolute atomic E-state index is 0.0316. The molecule has 1 aromatic rings. The first-order valence-corrected chi connectivity index (χ1v) is 5.14. The largest absolute Gasteiger partial charge is 0.384 e. The first-order chi connectivity index (χ1) is 6.74. The number of nitrogens with zero attached hydrogens (tertiary/aromatic N) is 1. The molecule has 0 saturated heterocycles. The zero-order valence-corrected chi connectivity index (χ0v) is 8.92. The van der Waals surface area contributed by atoms with Crippen LogP contribution in [-0.4, -0.2) is 11.1 Å². The van der Waals surface area contributed by atoms with Crippen LogP contribution in [0, 0.1) is 0 Å². The van der Waals surface area contributed by atoms with Gasteiger partial charge < -0.3 is 9.88 Å². The van der Waals surface area contributed by atoms with Gasteiger partial charge >= 0.3 is 0 Å². The van der Waals surface area contributed by atoms with Gasteiger partial charge in [-0.3, -0.25) is 4.79 Å². The first kappa shape index (κ1) is 10.8. The Hall–Kier alpha value is -1.25.